The minimum absolute atomic E-state index is 0.350. The van der Waals surface area contributed by atoms with Crippen molar-refractivity contribution in [3.8, 4) is 0 Å². The molecular formula is C60H68F3N9O8. The van der Waals surface area contributed by atoms with Crippen molar-refractivity contribution >= 4 is 58.5 Å². The zero-order valence-electron chi connectivity index (χ0n) is 44.1. The number of aliphatic carboxylic acids is 1. The van der Waals surface area contributed by atoms with E-state index in [1.54, 1.807) is 72.8 Å². The first-order chi connectivity index (χ1) is 38.5. The summed E-state index contributed by atoms with van der Waals surface area (Å²) in [6.45, 7) is 1.40. The molecule has 0 aromatic heterocycles. The molecular weight excluding hydrogens is 1030 g/mol. The minimum atomic E-state index is -5.08. The lowest BCUT2D eigenvalue weighted by Crippen LogP contribution is -2.43. The van der Waals surface area contributed by atoms with Gasteiger partial charge < -0.3 is 54.2 Å². The molecule has 0 aliphatic heterocycles. The summed E-state index contributed by atoms with van der Waals surface area (Å²) in [4.78, 5) is 89.5. The lowest BCUT2D eigenvalue weighted by atomic mass is 9.85. The number of anilines is 3. The van der Waals surface area contributed by atoms with E-state index in [4.69, 9.17) is 27.1 Å². The molecule has 0 saturated heterocycles. The van der Waals surface area contributed by atoms with E-state index < -0.39 is 30.3 Å². The van der Waals surface area contributed by atoms with Gasteiger partial charge in [-0.25, -0.2) is 4.79 Å². The highest BCUT2D eigenvalue weighted by molar-refractivity contribution is 6.03. The fraction of sp³-hybridized carbons (Fsp3) is 0.283. The van der Waals surface area contributed by atoms with Crippen molar-refractivity contribution in [2.24, 2.45) is 17.2 Å². The molecule has 20 heteroatoms. The van der Waals surface area contributed by atoms with Crippen LogP contribution in [-0.4, -0.2) is 90.5 Å². The summed E-state index contributed by atoms with van der Waals surface area (Å²) < 4.78 is 31.7. The van der Waals surface area contributed by atoms with Gasteiger partial charge in [0.1, 0.15) is 18.1 Å². The van der Waals surface area contributed by atoms with Gasteiger partial charge in [0.25, 0.3) is 17.7 Å². The van der Waals surface area contributed by atoms with Gasteiger partial charge in [-0.2, -0.15) is 13.2 Å². The molecule has 0 spiro atoms. The van der Waals surface area contributed by atoms with Gasteiger partial charge >= 0.3 is 12.1 Å². The molecule has 17 nitrogen and oxygen atoms in total. The molecule has 3 atom stereocenters. The van der Waals surface area contributed by atoms with E-state index in [-0.39, 0.29) is 41.4 Å². The van der Waals surface area contributed by atoms with Gasteiger partial charge in [-0.05, 0) is 167 Å². The zero-order chi connectivity index (χ0) is 57.9. The standard InChI is InChI=1S/C58H67N9O6.C2HF3O2/c59-37-13-10-22-49(65-53(68)43-16-4-1-5-17-43)56(71)62-46-31-25-40(26-32-46)52(41-27-33-47(34-28-41)63-57(72)50(23-11-14-38-60)66-54(69)44-18-6-2-7-19-44)42-29-35-48(36-30-42)64-58(73)51(24-12-15-39-61)67-55(70)45-20-8-3-9-21-45;3-2(4,5)1(6)7/h1-9,16-21,25-36,49-52H,10-15,22-24,37-39,59-61H2,(H,62,71)(H,63,72)(H,64,73)(H,65,68)(H,66,69)(H,67,70);(H,6,7)/t49-,50-,51-;/m1./s1. The average molecular weight is 1100 g/mol. The molecule has 6 aromatic carbocycles. The van der Waals surface area contributed by atoms with Crippen LogP contribution in [0.5, 0.6) is 0 Å². The molecule has 0 saturated carbocycles. The van der Waals surface area contributed by atoms with E-state index >= 15 is 0 Å². The molecule has 0 aliphatic rings. The summed E-state index contributed by atoms with van der Waals surface area (Å²) in [5, 5.41) is 24.8. The minimum Gasteiger partial charge on any atom is -0.475 e. The monoisotopic (exact) mass is 1100 g/mol. The molecule has 6 aromatic rings. The molecule has 80 heavy (non-hydrogen) atoms. The molecule has 0 aliphatic carbocycles. The van der Waals surface area contributed by atoms with Crippen LogP contribution in [0.3, 0.4) is 0 Å². The van der Waals surface area contributed by atoms with Crippen molar-refractivity contribution in [3.05, 3.63) is 197 Å². The van der Waals surface area contributed by atoms with E-state index in [2.05, 4.69) is 31.9 Å². The highest BCUT2D eigenvalue weighted by Gasteiger charge is 2.38. The molecule has 6 amide bonds. The van der Waals surface area contributed by atoms with Gasteiger partial charge in [0, 0.05) is 39.7 Å². The normalized spacial score (nSPS) is 12.1. The van der Waals surface area contributed by atoms with Crippen LogP contribution in [0.2, 0.25) is 0 Å². The molecule has 0 radical (unpaired) electrons. The van der Waals surface area contributed by atoms with Gasteiger partial charge in [-0.1, -0.05) is 91.0 Å². The zero-order valence-corrected chi connectivity index (χ0v) is 44.1. The number of alkyl halides is 3. The smallest absolute Gasteiger partial charge is 0.475 e. The highest BCUT2D eigenvalue weighted by atomic mass is 19.4. The number of nitrogens with one attached hydrogen (secondary N) is 6. The van der Waals surface area contributed by atoms with Crippen molar-refractivity contribution in [3.63, 3.8) is 0 Å². The quantitative estimate of drug-likeness (QED) is 0.0174. The Hall–Kier alpha value is -8.72. The number of unbranched alkanes of at least 4 members (excludes halogenated alkanes) is 3. The van der Waals surface area contributed by atoms with Gasteiger partial charge in [0.15, 0.2) is 0 Å². The lowest BCUT2D eigenvalue weighted by molar-refractivity contribution is -0.192. The SMILES string of the molecule is NCCCC[C@@H](NC(=O)c1ccccc1)C(=O)Nc1ccc(C(c2ccc(NC(=O)[C@@H](CCCCN)NC(=O)c3ccccc3)cc2)c2ccc(NC(=O)[C@@H](CCCCN)NC(=O)c3ccccc3)cc2)cc1.O=C(O)C(F)(F)F. The topological polar surface area (TPSA) is 290 Å². The Morgan fingerprint density at radius 3 is 0.838 bits per heavy atom. The largest absolute Gasteiger partial charge is 0.490 e. The van der Waals surface area contributed by atoms with Crippen molar-refractivity contribution in [2.45, 2.75) is 88.0 Å². The predicted molar refractivity (Wildman–Crippen MR) is 302 cm³/mol. The van der Waals surface area contributed by atoms with Gasteiger partial charge in [0.05, 0.1) is 0 Å². The van der Waals surface area contributed by atoms with Crippen LogP contribution >= 0.6 is 0 Å². The van der Waals surface area contributed by atoms with Gasteiger partial charge in [0.2, 0.25) is 17.7 Å². The van der Waals surface area contributed by atoms with E-state index in [0.29, 0.717) is 111 Å². The van der Waals surface area contributed by atoms with Crippen LogP contribution in [0.15, 0.2) is 164 Å². The first-order valence-corrected chi connectivity index (χ1v) is 26.2. The molecule has 13 N–H and O–H groups in total. The fourth-order valence-electron chi connectivity index (χ4n) is 8.32. The highest BCUT2D eigenvalue weighted by Crippen LogP contribution is 2.34. The van der Waals surface area contributed by atoms with Gasteiger partial charge in [-0.15, -0.1) is 0 Å². The molecule has 0 heterocycles. The number of carboxylic acids is 1. The summed E-state index contributed by atoms with van der Waals surface area (Å²) >= 11 is 0. The predicted octanol–water partition coefficient (Wildman–Crippen LogP) is 8.10. The Labute approximate surface area is 462 Å². The number of carboxylic acid groups (broad SMARTS) is 1. The maximum absolute atomic E-state index is 13.7. The number of carbonyl (C=O) groups excluding carboxylic acids is 6. The molecule has 6 rings (SSSR count). The first-order valence-electron chi connectivity index (χ1n) is 26.2. The Bertz CT molecular complexity index is 2620. The van der Waals surface area contributed by atoms with Crippen molar-refractivity contribution in [1.82, 2.24) is 16.0 Å². The lowest BCUT2D eigenvalue weighted by Gasteiger charge is -2.22. The third-order valence-electron chi connectivity index (χ3n) is 12.6. The van der Waals surface area contributed by atoms with E-state index in [0.717, 1.165) is 16.7 Å². The molecule has 0 fully saturated rings. The Balaban J connectivity index is 0.00000157. The van der Waals surface area contributed by atoms with Gasteiger partial charge in [-0.3, -0.25) is 28.8 Å². The van der Waals surface area contributed by atoms with E-state index in [1.165, 1.54) is 0 Å². The number of rotatable bonds is 27. The Kier molecular flexibility index (Phi) is 25.0. The van der Waals surface area contributed by atoms with E-state index in [1.807, 2.05) is 91.0 Å². The second kappa shape index (κ2) is 32.2. The number of carbonyl (C=O) groups is 7. The molecule has 422 valence electrons. The second-order valence-corrected chi connectivity index (χ2v) is 18.6. The summed E-state index contributed by atoms with van der Waals surface area (Å²) in [6, 6.07) is 46.2. The number of amides is 6. The first kappa shape index (κ1) is 62.1. The van der Waals surface area contributed by atoms with Crippen LogP contribution in [0, 0.1) is 0 Å². The number of halogens is 3. The maximum atomic E-state index is 13.7. The third kappa shape index (κ3) is 20.3. The Morgan fingerprint density at radius 1 is 0.388 bits per heavy atom. The summed E-state index contributed by atoms with van der Waals surface area (Å²) in [5.74, 6) is -5.24. The van der Waals surface area contributed by atoms with E-state index in [9.17, 15) is 41.9 Å². The number of benzene rings is 6. The summed E-state index contributed by atoms with van der Waals surface area (Å²) in [6.07, 6.45) is 0.185. The fourth-order valence-corrected chi connectivity index (χ4v) is 8.32. The summed E-state index contributed by atoms with van der Waals surface area (Å²) in [7, 11) is 0. The van der Waals surface area contributed by atoms with Crippen LogP contribution in [0.4, 0.5) is 30.2 Å². The second-order valence-electron chi connectivity index (χ2n) is 18.6. The molecule has 0 unspecified atom stereocenters. The van der Waals surface area contributed by atoms with Crippen molar-refractivity contribution in [1.29, 1.82) is 0 Å². The number of nitrogens with two attached hydrogens (primary N) is 3. The third-order valence-corrected chi connectivity index (χ3v) is 12.6. The van der Waals surface area contributed by atoms with Crippen molar-refractivity contribution < 1.29 is 51.8 Å². The van der Waals surface area contributed by atoms with Crippen LogP contribution in [-0.2, 0) is 19.2 Å². The number of hydrogen-bond acceptors (Lipinski definition) is 10. The number of hydrogen-bond donors (Lipinski definition) is 10. The average Bonchev–Trinajstić information content (AvgIpc) is 3.48. The van der Waals surface area contributed by atoms with Crippen LogP contribution in [0.1, 0.15) is 111 Å². The summed E-state index contributed by atoms with van der Waals surface area (Å²) in [5.41, 5.74) is 22.8. The maximum Gasteiger partial charge on any atom is 0.490 e. The Morgan fingerprint density at radius 2 is 0.625 bits per heavy atom. The van der Waals surface area contributed by atoms with Crippen molar-refractivity contribution in [2.75, 3.05) is 35.6 Å². The van der Waals surface area contributed by atoms with Crippen LogP contribution in [0.25, 0.3) is 0 Å². The molecule has 0 bridgehead atoms. The van der Waals surface area contributed by atoms with Crippen LogP contribution < -0.4 is 49.1 Å².